The summed E-state index contributed by atoms with van der Waals surface area (Å²) in [5, 5.41) is 5.08. The Morgan fingerprint density at radius 3 is 2.71 bits per heavy atom. The summed E-state index contributed by atoms with van der Waals surface area (Å²) in [4.78, 5) is -0.109. The van der Waals surface area contributed by atoms with Gasteiger partial charge in [-0.15, -0.1) is 0 Å². The van der Waals surface area contributed by atoms with Crippen molar-refractivity contribution in [3.05, 3.63) is 40.3 Å². The molecule has 0 bridgehead atoms. The molecule has 1 aromatic rings. The van der Waals surface area contributed by atoms with Gasteiger partial charge in [-0.3, -0.25) is 0 Å². The molecule has 2 rings (SSSR count). The van der Waals surface area contributed by atoms with Crippen LogP contribution in [0.1, 0.15) is 0 Å². The molecule has 1 atom stereocenters. The Morgan fingerprint density at radius 2 is 2.12 bits per heavy atom. The lowest BCUT2D eigenvalue weighted by molar-refractivity contribution is 0.606. The first kappa shape index (κ1) is 12.9. The van der Waals surface area contributed by atoms with E-state index in [1.165, 1.54) is 5.41 Å². The van der Waals surface area contributed by atoms with Crippen molar-refractivity contribution in [3.63, 3.8) is 0 Å². The number of hydrogen-bond donors (Lipinski definition) is 1. The van der Waals surface area contributed by atoms with Gasteiger partial charge in [-0.1, -0.05) is 39.7 Å². The van der Waals surface area contributed by atoms with Gasteiger partial charge in [-0.05, 0) is 17.7 Å². The highest BCUT2D eigenvalue weighted by Crippen LogP contribution is 2.26. The molecule has 0 fully saturated rings. The predicted octanol–water partition coefficient (Wildman–Crippen LogP) is 2.83. The van der Waals surface area contributed by atoms with Gasteiger partial charge in [0.05, 0.1) is 21.3 Å². The highest BCUT2D eigenvalue weighted by Gasteiger charge is 2.26. The second-order valence-corrected chi connectivity index (χ2v) is 7.23. The van der Waals surface area contributed by atoms with Gasteiger partial charge in [-0.25, -0.2) is 8.42 Å². The molecule has 1 N–H and O–H groups in total. The first-order chi connectivity index (χ1) is 7.98. The molecule has 0 saturated carbocycles. The maximum absolute atomic E-state index is 11.4. The minimum atomic E-state index is -3.04. The van der Waals surface area contributed by atoms with Gasteiger partial charge in [0.25, 0.3) is 0 Å². The molecule has 3 nitrogen and oxygen atoms in total. The number of benzene rings is 1. The van der Waals surface area contributed by atoms with E-state index < -0.39 is 9.84 Å². The first-order valence-electron chi connectivity index (χ1n) is 5.03. The number of anilines is 1. The van der Waals surface area contributed by atoms with E-state index in [1.54, 1.807) is 6.07 Å². The molecule has 1 heterocycles. The molecule has 0 aliphatic carbocycles. The Hall–Kier alpha value is -0.520. The van der Waals surface area contributed by atoms with Crippen molar-refractivity contribution in [3.8, 4) is 0 Å². The molecule has 92 valence electrons. The molecular weight excluding hydrogens is 326 g/mol. The van der Waals surface area contributed by atoms with E-state index in [9.17, 15) is 8.42 Å². The number of nitrogens with one attached hydrogen (secondary N) is 1. The number of alkyl halides is 1. The Kier molecular flexibility index (Phi) is 3.80. The molecule has 1 aromatic carbocycles. The predicted molar refractivity (Wildman–Crippen MR) is 74.5 cm³/mol. The van der Waals surface area contributed by atoms with Crippen LogP contribution >= 0.6 is 27.5 Å². The highest BCUT2D eigenvalue weighted by molar-refractivity contribution is 9.09. The van der Waals surface area contributed by atoms with Crippen molar-refractivity contribution >= 4 is 43.1 Å². The van der Waals surface area contributed by atoms with Crippen LogP contribution < -0.4 is 5.32 Å². The normalized spacial score (nSPS) is 22.2. The largest absolute Gasteiger partial charge is 0.380 e. The molecule has 6 heteroatoms. The monoisotopic (exact) mass is 335 g/mol. The van der Waals surface area contributed by atoms with Gasteiger partial charge in [0, 0.05) is 12.0 Å². The van der Waals surface area contributed by atoms with Crippen LogP contribution in [0.2, 0.25) is 5.02 Å². The Bertz CT molecular complexity index is 556. The molecule has 0 amide bonds. The van der Waals surface area contributed by atoms with Crippen LogP contribution in [0, 0.1) is 0 Å². The van der Waals surface area contributed by atoms with Gasteiger partial charge < -0.3 is 5.32 Å². The summed E-state index contributed by atoms with van der Waals surface area (Å²) in [7, 11) is -3.04. The number of para-hydroxylation sites is 1. The third-order valence-electron chi connectivity index (χ3n) is 2.47. The zero-order valence-electron chi connectivity index (χ0n) is 8.86. The minimum absolute atomic E-state index is 0.109. The number of rotatable bonds is 3. The molecule has 0 spiro atoms. The fraction of sp³-hybridized carbons (Fsp3) is 0.273. The minimum Gasteiger partial charge on any atom is -0.380 e. The molecule has 1 aliphatic rings. The number of hydrogen-bond acceptors (Lipinski definition) is 3. The highest BCUT2D eigenvalue weighted by atomic mass is 79.9. The summed E-state index contributed by atoms with van der Waals surface area (Å²) in [6, 6.07) is 7.37. The summed E-state index contributed by atoms with van der Waals surface area (Å²) in [5.41, 5.74) is 1.63. The summed E-state index contributed by atoms with van der Waals surface area (Å²) in [6.07, 6.45) is 0. The Balaban J connectivity index is 2.07. The van der Waals surface area contributed by atoms with E-state index in [0.29, 0.717) is 11.6 Å². The van der Waals surface area contributed by atoms with Crippen LogP contribution in [0.4, 0.5) is 5.69 Å². The van der Waals surface area contributed by atoms with Gasteiger partial charge in [0.15, 0.2) is 9.84 Å². The van der Waals surface area contributed by atoms with Crippen molar-refractivity contribution in [2.75, 3.05) is 17.6 Å². The summed E-state index contributed by atoms with van der Waals surface area (Å²) in [6.45, 7) is 0.471. The van der Waals surface area contributed by atoms with E-state index >= 15 is 0 Å². The zero-order valence-corrected chi connectivity index (χ0v) is 12.0. The van der Waals surface area contributed by atoms with Crippen molar-refractivity contribution < 1.29 is 8.42 Å². The van der Waals surface area contributed by atoms with Crippen molar-refractivity contribution in [1.82, 2.24) is 0 Å². The summed E-state index contributed by atoms with van der Waals surface area (Å²) >= 11 is 9.34. The Morgan fingerprint density at radius 1 is 1.41 bits per heavy atom. The lowest BCUT2D eigenvalue weighted by atomic mass is 10.2. The molecule has 0 radical (unpaired) electrons. The maximum atomic E-state index is 11.4. The lowest BCUT2D eigenvalue weighted by Gasteiger charge is -2.10. The van der Waals surface area contributed by atoms with E-state index in [4.69, 9.17) is 11.6 Å². The molecule has 17 heavy (non-hydrogen) atoms. The van der Waals surface area contributed by atoms with Gasteiger partial charge in [0.1, 0.15) is 0 Å². The fourth-order valence-corrected chi connectivity index (χ4v) is 4.82. The standard InChI is InChI=1S/C11H11BrClNO2S/c12-9-7-17(15,16)6-8(9)5-14-11-4-2-1-3-10(11)13/h1-4,6,9,14H,5,7H2/t9-/m0/s1. The van der Waals surface area contributed by atoms with Gasteiger partial charge in [-0.2, -0.15) is 0 Å². The topological polar surface area (TPSA) is 46.2 Å². The molecule has 0 saturated heterocycles. The maximum Gasteiger partial charge on any atom is 0.173 e. The number of sulfone groups is 1. The van der Waals surface area contributed by atoms with Crippen LogP contribution in [0.25, 0.3) is 0 Å². The van der Waals surface area contributed by atoms with Crippen molar-refractivity contribution in [2.24, 2.45) is 0 Å². The Labute approximate surface area is 114 Å². The zero-order chi connectivity index (χ0) is 12.5. The van der Waals surface area contributed by atoms with E-state index in [-0.39, 0.29) is 10.6 Å². The van der Waals surface area contributed by atoms with Crippen LogP contribution in [0.5, 0.6) is 0 Å². The SMILES string of the molecule is O=S1(=O)C=C(CNc2ccccc2Cl)[C@@H](Br)C1. The third-order valence-corrected chi connectivity index (χ3v) is 5.60. The quantitative estimate of drug-likeness (QED) is 0.863. The third kappa shape index (κ3) is 3.24. The van der Waals surface area contributed by atoms with Gasteiger partial charge >= 0.3 is 0 Å². The molecular formula is C11H11BrClNO2S. The van der Waals surface area contributed by atoms with Gasteiger partial charge in [0.2, 0.25) is 0 Å². The van der Waals surface area contributed by atoms with Crippen molar-refractivity contribution in [2.45, 2.75) is 4.83 Å². The molecule has 0 aromatic heterocycles. The second kappa shape index (κ2) is 5.00. The first-order valence-corrected chi connectivity index (χ1v) is 8.04. The van der Waals surface area contributed by atoms with Crippen LogP contribution in [0.3, 0.4) is 0 Å². The fourth-order valence-electron chi connectivity index (χ4n) is 1.62. The molecule has 0 unspecified atom stereocenters. The average molecular weight is 337 g/mol. The smallest absolute Gasteiger partial charge is 0.173 e. The van der Waals surface area contributed by atoms with E-state index in [0.717, 1.165) is 11.3 Å². The van der Waals surface area contributed by atoms with Crippen molar-refractivity contribution in [1.29, 1.82) is 0 Å². The van der Waals surface area contributed by atoms with E-state index in [1.807, 2.05) is 18.2 Å². The second-order valence-electron chi connectivity index (χ2n) is 3.82. The van der Waals surface area contributed by atoms with Crippen LogP contribution in [-0.4, -0.2) is 25.5 Å². The molecule has 1 aliphatic heterocycles. The van der Waals surface area contributed by atoms with E-state index in [2.05, 4.69) is 21.2 Å². The number of halogens is 2. The summed E-state index contributed by atoms with van der Waals surface area (Å²) in [5.74, 6) is 0.131. The lowest BCUT2D eigenvalue weighted by Crippen LogP contribution is -2.12. The summed E-state index contributed by atoms with van der Waals surface area (Å²) < 4.78 is 22.7. The average Bonchev–Trinajstić information content (AvgIpc) is 2.51. The van der Waals surface area contributed by atoms with Crippen LogP contribution in [-0.2, 0) is 9.84 Å². The van der Waals surface area contributed by atoms with Crippen LogP contribution in [0.15, 0.2) is 35.2 Å².